The van der Waals surface area contributed by atoms with E-state index in [9.17, 15) is 0 Å². The lowest BCUT2D eigenvalue weighted by atomic mass is 9.56. The first-order chi connectivity index (χ1) is 13.8. The van der Waals surface area contributed by atoms with Gasteiger partial charge < -0.3 is 4.74 Å². The van der Waals surface area contributed by atoms with E-state index in [4.69, 9.17) is 4.74 Å². The Morgan fingerprint density at radius 2 is 0.645 bits per heavy atom. The summed E-state index contributed by atoms with van der Waals surface area (Å²) >= 11 is 0. The quantitative estimate of drug-likeness (QED) is 0.275. The van der Waals surface area contributed by atoms with Crippen LogP contribution in [0.1, 0.15) is 161 Å². The molecule has 0 aromatic heterocycles. The summed E-state index contributed by atoms with van der Waals surface area (Å²) in [5.74, 6) is 0. The van der Waals surface area contributed by atoms with Gasteiger partial charge in [-0.1, -0.05) is 148 Å². The summed E-state index contributed by atoms with van der Waals surface area (Å²) in [4.78, 5) is 0. The first kappa shape index (κ1) is 31.0. The number of hydrogen-bond donors (Lipinski definition) is 0. The summed E-state index contributed by atoms with van der Waals surface area (Å²) < 4.78 is 7.84. The molecule has 1 heteroatoms. The van der Waals surface area contributed by atoms with E-state index in [0.717, 1.165) is 12.8 Å². The van der Waals surface area contributed by atoms with Gasteiger partial charge in [-0.05, 0) is 34.5 Å². The van der Waals surface area contributed by atoms with Crippen molar-refractivity contribution >= 4 is 0 Å². The van der Waals surface area contributed by atoms with E-state index in [1.807, 2.05) is 0 Å². The predicted molar refractivity (Wildman–Crippen MR) is 142 cm³/mol. The second kappa shape index (κ2) is 11.4. The Hall–Kier alpha value is -0.0400. The van der Waals surface area contributed by atoms with Crippen molar-refractivity contribution < 1.29 is 4.74 Å². The lowest BCUT2D eigenvalue weighted by molar-refractivity contribution is -0.310. The molecule has 0 amide bonds. The molecule has 0 saturated heterocycles. The van der Waals surface area contributed by atoms with Crippen molar-refractivity contribution in [3.05, 3.63) is 0 Å². The van der Waals surface area contributed by atoms with E-state index in [1.165, 1.54) is 51.4 Å². The van der Waals surface area contributed by atoms with Crippen LogP contribution in [0.5, 0.6) is 0 Å². The zero-order valence-corrected chi connectivity index (χ0v) is 24.5. The van der Waals surface area contributed by atoms with Crippen molar-refractivity contribution in [1.29, 1.82) is 0 Å². The van der Waals surface area contributed by atoms with Gasteiger partial charge in [-0.25, -0.2) is 0 Å². The van der Waals surface area contributed by atoms with Gasteiger partial charge in [0.1, 0.15) is 0 Å². The van der Waals surface area contributed by atoms with Crippen LogP contribution in [0.25, 0.3) is 0 Å². The zero-order valence-electron chi connectivity index (χ0n) is 24.5. The fourth-order valence-electron chi connectivity index (χ4n) is 6.36. The lowest BCUT2D eigenvalue weighted by Crippen LogP contribution is -2.66. The van der Waals surface area contributed by atoms with Gasteiger partial charge in [0.2, 0.25) is 0 Å². The average molecular weight is 439 g/mol. The van der Waals surface area contributed by atoms with E-state index in [1.54, 1.807) is 0 Å². The van der Waals surface area contributed by atoms with Crippen molar-refractivity contribution in [3.8, 4) is 0 Å². The van der Waals surface area contributed by atoms with Crippen LogP contribution in [0.4, 0.5) is 0 Å². The summed E-state index contributed by atoms with van der Waals surface area (Å²) in [6.45, 7) is 33.7. The van der Waals surface area contributed by atoms with Crippen LogP contribution in [0.3, 0.4) is 0 Å². The smallest absolute Gasteiger partial charge is 0.0786 e. The van der Waals surface area contributed by atoms with Gasteiger partial charge in [0.25, 0.3) is 0 Å². The van der Waals surface area contributed by atoms with Gasteiger partial charge in [0.05, 0.1) is 11.2 Å². The highest BCUT2D eigenvalue weighted by molar-refractivity contribution is 5.09. The van der Waals surface area contributed by atoms with E-state index in [2.05, 4.69) is 96.9 Å². The minimum atomic E-state index is -0.181. The van der Waals surface area contributed by atoms with Crippen molar-refractivity contribution in [2.75, 3.05) is 0 Å². The van der Waals surface area contributed by atoms with E-state index in [0.29, 0.717) is 0 Å². The summed E-state index contributed by atoms with van der Waals surface area (Å²) in [6.07, 6.45) is 12.6. The maximum absolute atomic E-state index is 7.84. The monoisotopic (exact) mass is 438 g/mol. The first-order valence-electron chi connectivity index (χ1n) is 13.5. The molecule has 31 heavy (non-hydrogen) atoms. The standard InChI is InChI=1S/C30H62O/c1-15-17-19-21-23-29(25(3,4)5,26(6,7)8)31-30(27(9,10)11,28(12,13)14)24-22-20-18-16-2/h15-24H2,1-14H3. The van der Waals surface area contributed by atoms with Crippen LogP contribution in [-0.2, 0) is 4.74 Å². The Morgan fingerprint density at radius 3 is 0.839 bits per heavy atom. The molecule has 0 saturated carbocycles. The van der Waals surface area contributed by atoms with Crippen molar-refractivity contribution in [2.45, 2.75) is 172 Å². The molecule has 0 atom stereocenters. The van der Waals surface area contributed by atoms with Gasteiger partial charge in [0, 0.05) is 0 Å². The summed E-state index contributed by atoms with van der Waals surface area (Å²) in [7, 11) is 0. The van der Waals surface area contributed by atoms with Crippen LogP contribution in [0.2, 0.25) is 0 Å². The molecule has 0 heterocycles. The van der Waals surface area contributed by atoms with Crippen LogP contribution >= 0.6 is 0 Å². The number of rotatable bonds is 12. The Kier molecular flexibility index (Phi) is 11.4. The van der Waals surface area contributed by atoms with E-state index in [-0.39, 0.29) is 32.9 Å². The normalized spacial score (nSPS) is 14.9. The molecule has 0 aliphatic rings. The van der Waals surface area contributed by atoms with Gasteiger partial charge in [-0.15, -0.1) is 0 Å². The molecule has 0 aliphatic carbocycles. The number of ether oxygens (including phenoxy) is 1. The molecule has 0 aliphatic heterocycles. The van der Waals surface area contributed by atoms with Crippen LogP contribution in [0.15, 0.2) is 0 Å². The Bertz CT molecular complexity index is 412. The summed E-state index contributed by atoms with van der Waals surface area (Å²) in [5, 5.41) is 0. The number of hydrogen-bond acceptors (Lipinski definition) is 1. The molecular formula is C30H62O. The van der Waals surface area contributed by atoms with Crippen LogP contribution < -0.4 is 0 Å². The highest BCUT2D eigenvalue weighted by Gasteiger charge is 2.60. The molecule has 0 rings (SSSR count). The molecule has 0 aromatic carbocycles. The maximum atomic E-state index is 7.84. The second-order valence-corrected chi connectivity index (χ2v) is 14.4. The topological polar surface area (TPSA) is 9.23 Å². The molecular weight excluding hydrogens is 376 g/mol. The minimum Gasteiger partial charge on any atom is -0.366 e. The van der Waals surface area contributed by atoms with E-state index >= 15 is 0 Å². The molecule has 0 fully saturated rings. The van der Waals surface area contributed by atoms with Gasteiger partial charge >= 0.3 is 0 Å². The minimum absolute atomic E-state index is 0.0582. The highest BCUT2D eigenvalue weighted by atomic mass is 16.5. The van der Waals surface area contributed by atoms with Crippen molar-refractivity contribution in [1.82, 2.24) is 0 Å². The first-order valence-corrected chi connectivity index (χ1v) is 13.5. The molecule has 0 radical (unpaired) electrons. The van der Waals surface area contributed by atoms with E-state index < -0.39 is 0 Å². The third-order valence-electron chi connectivity index (χ3n) is 7.96. The molecule has 0 aromatic rings. The summed E-state index contributed by atoms with van der Waals surface area (Å²) in [6, 6.07) is 0. The maximum Gasteiger partial charge on any atom is 0.0786 e. The Morgan fingerprint density at radius 1 is 0.387 bits per heavy atom. The molecule has 0 N–H and O–H groups in total. The molecule has 0 spiro atoms. The fourth-order valence-corrected chi connectivity index (χ4v) is 6.36. The Labute approximate surface area is 198 Å². The second-order valence-electron chi connectivity index (χ2n) is 14.4. The van der Waals surface area contributed by atoms with Gasteiger partial charge in [0.15, 0.2) is 0 Å². The van der Waals surface area contributed by atoms with Crippen LogP contribution in [-0.4, -0.2) is 11.2 Å². The summed E-state index contributed by atoms with van der Waals surface area (Å²) in [5.41, 5.74) is -0.130. The predicted octanol–water partition coefficient (Wildman–Crippen LogP) is 10.6. The SMILES string of the molecule is CCCCCCC(OC(CCCCCC)(C(C)(C)C)C(C)(C)C)(C(C)(C)C)C(C)(C)C. The van der Waals surface area contributed by atoms with Crippen LogP contribution in [0, 0.1) is 21.7 Å². The molecule has 1 nitrogen and oxygen atoms in total. The van der Waals surface area contributed by atoms with Gasteiger partial charge in [-0.3, -0.25) is 0 Å². The molecule has 0 bridgehead atoms. The number of unbranched alkanes of at least 4 members (excludes halogenated alkanes) is 6. The highest BCUT2D eigenvalue weighted by Crippen LogP contribution is 2.59. The average Bonchev–Trinajstić information content (AvgIpc) is 2.55. The fraction of sp³-hybridized carbons (Fsp3) is 1.00. The lowest BCUT2D eigenvalue weighted by Gasteiger charge is -2.63. The largest absolute Gasteiger partial charge is 0.366 e. The van der Waals surface area contributed by atoms with Crippen molar-refractivity contribution in [2.24, 2.45) is 21.7 Å². The third-order valence-corrected chi connectivity index (χ3v) is 7.96. The molecule has 0 unspecified atom stereocenters. The zero-order chi connectivity index (χ0) is 24.8. The van der Waals surface area contributed by atoms with Crippen molar-refractivity contribution in [3.63, 3.8) is 0 Å². The van der Waals surface area contributed by atoms with Gasteiger partial charge in [-0.2, -0.15) is 0 Å². The Balaban J connectivity index is 6.58. The third kappa shape index (κ3) is 7.48. The molecule has 188 valence electrons.